The Labute approximate surface area is 169 Å². The van der Waals surface area contributed by atoms with Crippen molar-refractivity contribution in [1.29, 1.82) is 0 Å². The Morgan fingerprint density at radius 2 is 1.86 bits per heavy atom. The molecule has 0 saturated carbocycles. The highest BCUT2D eigenvalue weighted by molar-refractivity contribution is 7.92. The Balaban J connectivity index is 2.44. The highest BCUT2D eigenvalue weighted by Crippen LogP contribution is 2.27. The molecular weight excluding hydrogens is 396 g/mol. The number of carbonyl (C=O) groups excluding carboxylic acids is 2. The van der Waals surface area contributed by atoms with Gasteiger partial charge in [-0.2, -0.15) is 0 Å². The number of ether oxygens (including phenoxy) is 2. The van der Waals surface area contributed by atoms with E-state index in [1.807, 2.05) is 0 Å². The number of anilines is 2. The molecule has 2 rings (SSSR count). The molecule has 0 unspecified atom stereocenters. The number of benzene rings is 2. The third kappa shape index (κ3) is 5.82. The molecule has 0 fully saturated rings. The largest absolute Gasteiger partial charge is 0.489 e. The predicted molar refractivity (Wildman–Crippen MR) is 109 cm³/mol. The number of amides is 1. The first-order valence-electron chi connectivity index (χ1n) is 8.59. The number of hydrogen-bond acceptors (Lipinski definition) is 6. The van der Waals surface area contributed by atoms with E-state index in [4.69, 9.17) is 4.74 Å². The fourth-order valence-corrected chi connectivity index (χ4v) is 3.82. The van der Waals surface area contributed by atoms with Crippen LogP contribution in [-0.2, 0) is 24.3 Å². The molecule has 9 heteroatoms. The van der Waals surface area contributed by atoms with E-state index < -0.39 is 22.5 Å². The zero-order valence-corrected chi connectivity index (χ0v) is 16.9. The van der Waals surface area contributed by atoms with Crippen LogP contribution in [0.4, 0.5) is 11.4 Å². The molecule has 0 atom stereocenters. The van der Waals surface area contributed by atoms with Gasteiger partial charge in [0.05, 0.1) is 17.7 Å². The van der Waals surface area contributed by atoms with Gasteiger partial charge in [0.15, 0.2) is 0 Å². The van der Waals surface area contributed by atoms with E-state index in [9.17, 15) is 18.0 Å². The molecule has 0 spiro atoms. The van der Waals surface area contributed by atoms with Crippen LogP contribution in [0.3, 0.4) is 0 Å². The maximum absolute atomic E-state index is 13.2. The molecule has 0 aliphatic heterocycles. The van der Waals surface area contributed by atoms with Gasteiger partial charge in [-0.25, -0.2) is 8.42 Å². The monoisotopic (exact) mass is 418 g/mol. The van der Waals surface area contributed by atoms with Crippen LogP contribution in [0.5, 0.6) is 5.75 Å². The van der Waals surface area contributed by atoms with Crippen molar-refractivity contribution in [2.45, 2.75) is 11.8 Å². The van der Waals surface area contributed by atoms with Crippen molar-refractivity contribution in [2.75, 3.05) is 29.9 Å². The summed E-state index contributed by atoms with van der Waals surface area (Å²) in [5.74, 6) is -0.571. The molecule has 1 amide bonds. The van der Waals surface area contributed by atoms with Gasteiger partial charge in [-0.1, -0.05) is 18.7 Å². The van der Waals surface area contributed by atoms with Crippen molar-refractivity contribution >= 4 is 33.3 Å². The average molecular weight is 418 g/mol. The van der Waals surface area contributed by atoms with Gasteiger partial charge >= 0.3 is 5.97 Å². The number of nitrogens with zero attached hydrogens (tertiary/aromatic N) is 1. The Morgan fingerprint density at radius 3 is 2.45 bits per heavy atom. The van der Waals surface area contributed by atoms with Gasteiger partial charge in [-0.15, -0.1) is 0 Å². The molecule has 0 saturated heterocycles. The summed E-state index contributed by atoms with van der Waals surface area (Å²) < 4.78 is 37.5. The van der Waals surface area contributed by atoms with E-state index in [-0.39, 0.29) is 23.1 Å². The van der Waals surface area contributed by atoms with Crippen molar-refractivity contribution in [1.82, 2.24) is 0 Å². The molecule has 8 nitrogen and oxygen atoms in total. The van der Waals surface area contributed by atoms with Crippen LogP contribution in [0.1, 0.15) is 6.92 Å². The van der Waals surface area contributed by atoms with Crippen LogP contribution in [-0.4, -0.2) is 40.6 Å². The van der Waals surface area contributed by atoms with Gasteiger partial charge in [0, 0.05) is 18.7 Å². The second-order valence-electron chi connectivity index (χ2n) is 5.89. The molecular formula is C20H22N2O6S. The average Bonchev–Trinajstić information content (AvgIpc) is 2.70. The quantitative estimate of drug-likeness (QED) is 0.496. The standard InChI is InChI=1S/C20H22N2O6S/c1-4-12-28-18-7-5-6-17(13-18)22(14-20(24)27-3)29(25,26)19-10-8-16(9-11-19)21-15(2)23/h4-11,13H,1,12,14H2,2-3H3,(H,21,23). The summed E-state index contributed by atoms with van der Waals surface area (Å²) in [5.41, 5.74) is 0.693. The second kappa shape index (κ2) is 9.74. The van der Waals surface area contributed by atoms with Crippen molar-refractivity contribution in [3.63, 3.8) is 0 Å². The molecule has 0 radical (unpaired) electrons. The summed E-state index contributed by atoms with van der Waals surface area (Å²) in [5, 5.41) is 2.57. The maximum atomic E-state index is 13.2. The first-order valence-corrected chi connectivity index (χ1v) is 10.0. The number of sulfonamides is 1. The van der Waals surface area contributed by atoms with Crippen LogP contribution in [0.25, 0.3) is 0 Å². The Bertz CT molecular complexity index is 986. The zero-order valence-electron chi connectivity index (χ0n) is 16.1. The smallest absolute Gasteiger partial charge is 0.326 e. The summed E-state index contributed by atoms with van der Waals surface area (Å²) in [6, 6.07) is 12.0. The lowest BCUT2D eigenvalue weighted by atomic mass is 10.3. The first-order chi connectivity index (χ1) is 13.8. The van der Waals surface area contributed by atoms with Gasteiger partial charge in [0.2, 0.25) is 5.91 Å². The fraction of sp³-hybridized carbons (Fsp3) is 0.200. The van der Waals surface area contributed by atoms with Gasteiger partial charge in [0.25, 0.3) is 10.0 Å². The topological polar surface area (TPSA) is 102 Å². The number of methoxy groups -OCH3 is 1. The van der Waals surface area contributed by atoms with Gasteiger partial charge in [0.1, 0.15) is 18.9 Å². The number of nitrogens with one attached hydrogen (secondary N) is 1. The van der Waals surface area contributed by atoms with E-state index >= 15 is 0 Å². The molecule has 29 heavy (non-hydrogen) atoms. The molecule has 1 N–H and O–H groups in total. The van der Waals surface area contributed by atoms with Crippen LogP contribution < -0.4 is 14.4 Å². The van der Waals surface area contributed by atoms with E-state index in [1.165, 1.54) is 44.4 Å². The lowest BCUT2D eigenvalue weighted by Crippen LogP contribution is -2.36. The lowest BCUT2D eigenvalue weighted by molar-refractivity contribution is -0.138. The number of hydrogen-bond donors (Lipinski definition) is 1. The highest BCUT2D eigenvalue weighted by atomic mass is 32.2. The summed E-state index contributed by atoms with van der Waals surface area (Å²) in [4.78, 5) is 23.0. The Hall–Kier alpha value is -3.33. The minimum Gasteiger partial charge on any atom is -0.489 e. The fourth-order valence-electron chi connectivity index (χ4n) is 2.42. The molecule has 0 aromatic heterocycles. The zero-order chi connectivity index (χ0) is 21.4. The Morgan fingerprint density at radius 1 is 1.17 bits per heavy atom. The summed E-state index contributed by atoms with van der Waals surface area (Å²) in [6.07, 6.45) is 1.56. The van der Waals surface area contributed by atoms with Crippen LogP contribution in [0.2, 0.25) is 0 Å². The molecule has 154 valence electrons. The summed E-state index contributed by atoms with van der Waals surface area (Å²) in [7, 11) is -2.92. The first kappa shape index (κ1) is 22.0. The molecule has 2 aromatic rings. The summed E-state index contributed by atoms with van der Waals surface area (Å²) in [6.45, 7) is 4.65. The maximum Gasteiger partial charge on any atom is 0.326 e. The second-order valence-corrected chi connectivity index (χ2v) is 7.75. The van der Waals surface area contributed by atoms with Crippen molar-refractivity contribution in [2.24, 2.45) is 0 Å². The lowest BCUT2D eigenvalue weighted by Gasteiger charge is -2.24. The van der Waals surface area contributed by atoms with Crippen LogP contribution >= 0.6 is 0 Å². The van der Waals surface area contributed by atoms with Crippen LogP contribution in [0.15, 0.2) is 66.1 Å². The highest BCUT2D eigenvalue weighted by Gasteiger charge is 2.28. The molecule has 0 bridgehead atoms. The van der Waals surface area contributed by atoms with E-state index in [0.29, 0.717) is 11.4 Å². The summed E-state index contributed by atoms with van der Waals surface area (Å²) >= 11 is 0. The van der Waals surface area contributed by atoms with Crippen molar-refractivity contribution < 1.29 is 27.5 Å². The number of rotatable bonds is 9. The number of carbonyl (C=O) groups is 2. The molecule has 0 heterocycles. The minimum atomic E-state index is -4.10. The third-order valence-corrected chi connectivity index (χ3v) is 5.52. The van der Waals surface area contributed by atoms with E-state index in [0.717, 1.165) is 4.31 Å². The van der Waals surface area contributed by atoms with E-state index in [2.05, 4.69) is 16.6 Å². The van der Waals surface area contributed by atoms with Gasteiger partial charge in [-0.3, -0.25) is 13.9 Å². The normalized spacial score (nSPS) is 10.7. The Kier molecular flexibility index (Phi) is 7.38. The van der Waals surface area contributed by atoms with Gasteiger partial charge in [-0.05, 0) is 36.4 Å². The minimum absolute atomic E-state index is 0.0482. The van der Waals surface area contributed by atoms with Crippen molar-refractivity contribution in [3.05, 3.63) is 61.2 Å². The van der Waals surface area contributed by atoms with Crippen molar-refractivity contribution in [3.8, 4) is 5.75 Å². The molecule has 0 aliphatic carbocycles. The third-order valence-electron chi connectivity index (χ3n) is 3.74. The number of esters is 1. The predicted octanol–water partition coefficient (Wildman–Crippen LogP) is 2.58. The van der Waals surface area contributed by atoms with Crippen LogP contribution in [0, 0.1) is 0 Å². The molecule has 2 aromatic carbocycles. The SMILES string of the molecule is C=CCOc1cccc(N(CC(=O)OC)S(=O)(=O)c2ccc(NC(C)=O)cc2)c1. The van der Waals surface area contributed by atoms with Gasteiger partial charge < -0.3 is 14.8 Å². The molecule has 0 aliphatic rings. The van der Waals surface area contributed by atoms with E-state index in [1.54, 1.807) is 24.3 Å².